The summed E-state index contributed by atoms with van der Waals surface area (Å²) in [5.41, 5.74) is 1.18. The van der Waals surface area contributed by atoms with Gasteiger partial charge >= 0.3 is 12.1 Å². The molecule has 1 aliphatic rings. The number of thioether (sulfide) groups is 1. The molecule has 2 amide bonds. The molecule has 2 heterocycles. The number of methoxy groups -OCH3 is 1. The molecule has 1 aromatic carbocycles. The number of carbonyl (C=O) groups excluding carboxylic acids is 3. The number of thiophene rings is 1. The lowest BCUT2D eigenvalue weighted by molar-refractivity contribution is -0.116. The van der Waals surface area contributed by atoms with Crippen LogP contribution < -0.4 is 5.32 Å². The first-order chi connectivity index (χ1) is 15.4. The first-order valence-electron chi connectivity index (χ1n) is 10.3. The van der Waals surface area contributed by atoms with Crippen LogP contribution in [0.4, 0.5) is 14.2 Å². The molecule has 0 saturated carbocycles. The third-order valence-electron chi connectivity index (χ3n) is 4.86. The van der Waals surface area contributed by atoms with Crippen LogP contribution in [0.2, 0.25) is 0 Å². The van der Waals surface area contributed by atoms with E-state index in [4.69, 9.17) is 9.47 Å². The smallest absolute Gasteiger partial charge is 0.410 e. The summed E-state index contributed by atoms with van der Waals surface area (Å²) < 4.78 is 23.0. The van der Waals surface area contributed by atoms with Crippen LogP contribution in [0.25, 0.3) is 0 Å². The topological polar surface area (TPSA) is 84.9 Å². The summed E-state index contributed by atoms with van der Waals surface area (Å²) >= 11 is 2.84. The molecule has 3 rings (SSSR count). The number of nitrogens with one attached hydrogen (secondary N) is 1. The predicted octanol–water partition coefficient (Wildman–Crippen LogP) is 4.70. The molecule has 0 radical (unpaired) electrons. The van der Waals surface area contributed by atoms with Crippen LogP contribution >= 0.6 is 23.1 Å². The van der Waals surface area contributed by atoms with Crippen molar-refractivity contribution < 1.29 is 28.2 Å². The molecule has 0 atom stereocenters. The Morgan fingerprint density at radius 1 is 1.25 bits per heavy atom. The molecule has 10 heteroatoms. The molecule has 32 heavy (non-hydrogen) atoms. The molecule has 2 aromatic rings. The fourth-order valence-electron chi connectivity index (χ4n) is 3.32. The quantitative estimate of drug-likeness (QED) is 0.335. The summed E-state index contributed by atoms with van der Waals surface area (Å²) in [5, 5.41) is 3.29. The summed E-state index contributed by atoms with van der Waals surface area (Å²) in [6.07, 6.45) is 1.00. The van der Waals surface area contributed by atoms with Crippen molar-refractivity contribution >= 4 is 46.1 Å². The second kappa shape index (κ2) is 11.3. The summed E-state index contributed by atoms with van der Waals surface area (Å²) in [4.78, 5) is 40.3. The molecule has 0 fully saturated rings. The fourth-order valence-corrected chi connectivity index (χ4v) is 5.44. The highest BCUT2D eigenvalue weighted by molar-refractivity contribution is 7.99. The van der Waals surface area contributed by atoms with Gasteiger partial charge in [0.15, 0.2) is 0 Å². The number of hydrogen-bond acceptors (Lipinski definition) is 7. The van der Waals surface area contributed by atoms with Crippen molar-refractivity contribution in [2.45, 2.75) is 37.6 Å². The van der Waals surface area contributed by atoms with Crippen molar-refractivity contribution in [2.24, 2.45) is 0 Å². The SMILES string of the molecule is CCOC(=O)N1CCc2c(sc(NC(=O)CCCSc3ccc(F)cc3)c2C(=O)OC)C1. The first-order valence-corrected chi connectivity index (χ1v) is 12.1. The summed E-state index contributed by atoms with van der Waals surface area (Å²) in [5.74, 6) is -0.276. The minimum absolute atomic E-state index is 0.198. The number of esters is 1. The Balaban J connectivity index is 1.61. The van der Waals surface area contributed by atoms with Crippen LogP contribution in [0.1, 0.15) is 40.6 Å². The van der Waals surface area contributed by atoms with E-state index in [2.05, 4.69) is 5.32 Å². The molecular formula is C22H25FN2O5S2. The van der Waals surface area contributed by atoms with Gasteiger partial charge in [0, 0.05) is 22.7 Å². The molecule has 0 bridgehead atoms. The van der Waals surface area contributed by atoms with Crippen LogP contribution in [0.3, 0.4) is 0 Å². The fraction of sp³-hybridized carbons (Fsp3) is 0.409. The largest absolute Gasteiger partial charge is 0.465 e. The van der Waals surface area contributed by atoms with Crippen LogP contribution in [0.5, 0.6) is 0 Å². The molecule has 1 aromatic heterocycles. The van der Waals surface area contributed by atoms with E-state index in [0.29, 0.717) is 48.9 Å². The number of carbonyl (C=O) groups is 3. The second-order valence-electron chi connectivity index (χ2n) is 7.02. The average Bonchev–Trinajstić information content (AvgIpc) is 3.14. The van der Waals surface area contributed by atoms with Crippen molar-refractivity contribution in [2.75, 3.05) is 31.3 Å². The summed E-state index contributed by atoms with van der Waals surface area (Å²) in [6.45, 7) is 2.80. The van der Waals surface area contributed by atoms with Crippen molar-refractivity contribution in [1.29, 1.82) is 0 Å². The predicted molar refractivity (Wildman–Crippen MR) is 122 cm³/mol. The molecule has 0 spiro atoms. The highest BCUT2D eigenvalue weighted by atomic mass is 32.2. The van der Waals surface area contributed by atoms with Gasteiger partial charge in [0.25, 0.3) is 0 Å². The number of fused-ring (bicyclic) bond motifs is 1. The highest BCUT2D eigenvalue weighted by Gasteiger charge is 2.31. The van der Waals surface area contributed by atoms with Gasteiger partial charge in [0.1, 0.15) is 10.8 Å². The van der Waals surface area contributed by atoms with Crippen LogP contribution in [0.15, 0.2) is 29.2 Å². The van der Waals surface area contributed by atoms with Gasteiger partial charge in [-0.1, -0.05) is 0 Å². The molecule has 7 nitrogen and oxygen atoms in total. The number of anilines is 1. The highest BCUT2D eigenvalue weighted by Crippen LogP contribution is 2.38. The number of nitrogens with zero attached hydrogens (tertiary/aromatic N) is 1. The van der Waals surface area contributed by atoms with E-state index in [1.165, 1.54) is 30.6 Å². The van der Waals surface area contributed by atoms with Gasteiger partial charge in [-0.3, -0.25) is 4.79 Å². The molecule has 0 unspecified atom stereocenters. The number of halogens is 1. The van der Waals surface area contributed by atoms with E-state index in [-0.39, 0.29) is 18.1 Å². The van der Waals surface area contributed by atoms with Gasteiger partial charge in [-0.15, -0.1) is 23.1 Å². The van der Waals surface area contributed by atoms with E-state index in [1.807, 2.05) is 0 Å². The lowest BCUT2D eigenvalue weighted by Gasteiger charge is -2.26. The molecule has 1 aliphatic heterocycles. The minimum Gasteiger partial charge on any atom is -0.465 e. The van der Waals surface area contributed by atoms with Gasteiger partial charge in [-0.2, -0.15) is 0 Å². The van der Waals surface area contributed by atoms with Gasteiger partial charge in [0.05, 0.1) is 25.8 Å². The maximum absolute atomic E-state index is 13.0. The summed E-state index contributed by atoms with van der Waals surface area (Å²) in [7, 11) is 1.30. The van der Waals surface area contributed by atoms with Crippen LogP contribution in [-0.4, -0.2) is 48.9 Å². The Hall–Kier alpha value is -2.59. The Kier molecular flexibility index (Phi) is 8.52. The maximum atomic E-state index is 13.0. The van der Waals surface area contributed by atoms with E-state index < -0.39 is 12.1 Å². The van der Waals surface area contributed by atoms with E-state index in [1.54, 1.807) is 35.7 Å². The normalized spacial score (nSPS) is 12.8. The number of amides is 2. The Labute approximate surface area is 194 Å². The van der Waals surface area contributed by atoms with Crippen molar-refractivity contribution in [3.63, 3.8) is 0 Å². The van der Waals surface area contributed by atoms with Gasteiger partial charge in [-0.25, -0.2) is 14.0 Å². The number of hydrogen-bond donors (Lipinski definition) is 1. The van der Waals surface area contributed by atoms with Crippen molar-refractivity contribution in [1.82, 2.24) is 4.90 Å². The standard InChI is InChI=1S/C22H25FN2O5S2/c1-3-30-22(28)25-11-10-16-17(13-25)32-20(19(16)21(27)29-2)24-18(26)5-4-12-31-15-8-6-14(23)7-9-15/h6-9H,3-5,10-13H2,1-2H3,(H,24,26). The number of benzene rings is 1. The average molecular weight is 481 g/mol. The lowest BCUT2D eigenvalue weighted by atomic mass is 10.0. The Morgan fingerprint density at radius 3 is 2.69 bits per heavy atom. The van der Waals surface area contributed by atoms with Gasteiger partial charge in [-0.05, 0) is 55.3 Å². The number of rotatable bonds is 8. The molecule has 172 valence electrons. The van der Waals surface area contributed by atoms with E-state index in [0.717, 1.165) is 15.3 Å². The monoisotopic (exact) mass is 480 g/mol. The molecule has 0 aliphatic carbocycles. The summed E-state index contributed by atoms with van der Waals surface area (Å²) in [6, 6.07) is 6.23. The lowest BCUT2D eigenvalue weighted by Crippen LogP contribution is -2.36. The maximum Gasteiger partial charge on any atom is 0.410 e. The zero-order valence-electron chi connectivity index (χ0n) is 17.9. The van der Waals surface area contributed by atoms with Gasteiger partial charge in [0.2, 0.25) is 5.91 Å². The van der Waals surface area contributed by atoms with Crippen LogP contribution in [0, 0.1) is 5.82 Å². The Morgan fingerprint density at radius 2 is 2.00 bits per heavy atom. The second-order valence-corrected chi connectivity index (χ2v) is 9.30. The zero-order chi connectivity index (χ0) is 23.1. The number of ether oxygens (including phenoxy) is 2. The van der Waals surface area contributed by atoms with Crippen molar-refractivity contribution in [3.8, 4) is 0 Å². The zero-order valence-corrected chi connectivity index (χ0v) is 19.6. The molecular weight excluding hydrogens is 455 g/mol. The van der Waals surface area contributed by atoms with E-state index in [9.17, 15) is 18.8 Å². The van der Waals surface area contributed by atoms with Crippen molar-refractivity contribution in [3.05, 3.63) is 46.1 Å². The molecule has 0 saturated heterocycles. The van der Waals surface area contributed by atoms with E-state index >= 15 is 0 Å². The third kappa shape index (κ3) is 6.01. The third-order valence-corrected chi connectivity index (χ3v) is 7.09. The van der Waals surface area contributed by atoms with Gasteiger partial charge < -0.3 is 19.7 Å². The van der Waals surface area contributed by atoms with Crippen LogP contribution in [-0.2, 0) is 27.2 Å². The first kappa shape index (κ1) is 24.1. The Bertz CT molecular complexity index is 977. The minimum atomic E-state index is -0.505. The molecule has 1 N–H and O–H groups in total.